The van der Waals surface area contributed by atoms with E-state index in [1.165, 1.54) is 12.3 Å². The first-order chi connectivity index (χ1) is 21.4. The molecule has 5 rings (SSSR count). The normalized spacial score (nSPS) is 15.8. The number of carbonyl (C=O) groups excluding carboxylic acids is 1. The van der Waals surface area contributed by atoms with E-state index in [4.69, 9.17) is 16.9 Å². The summed E-state index contributed by atoms with van der Waals surface area (Å²) in [4.78, 5) is 30.5. The number of pyridine rings is 1. The van der Waals surface area contributed by atoms with Gasteiger partial charge in [0.2, 0.25) is 0 Å². The summed E-state index contributed by atoms with van der Waals surface area (Å²) in [5.74, 6) is -5.70. The number of amides is 1. The Hall–Kier alpha value is -4.76. The largest absolute Gasteiger partial charge is 0.480 e. The van der Waals surface area contributed by atoms with Gasteiger partial charge in [0.1, 0.15) is 29.3 Å². The highest BCUT2D eigenvalue weighted by Crippen LogP contribution is 2.37. The number of rotatable bonds is 7. The van der Waals surface area contributed by atoms with E-state index in [0.29, 0.717) is 63.2 Å². The summed E-state index contributed by atoms with van der Waals surface area (Å²) in [6.07, 6.45) is -2.93. The van der Waals surface area contributed by atoms with Gasteiger partial charge >= 0.3 is 12.1 Å². The summed E-state index contributed by atoms with van der Waals surface area (Å²) < 4.78 is 70.9. The van der Waals surface area contributed by atoms with Crippen molar-refractivity contribution < 1.29 is 36.6 Å². The van der Waals surface area contributed by atoms with Gasteiger partial charge in [-0.05, 0) is 55.2 Å². The third-order valence-electron chi connectivity index (χ3n) is 7.74. The molecule has 1 aliphatic heterocycles. The van der Waals surface area contributed by atoms with E-state index >= 15 is 8.78 Å². The lowest BCUT2D eigenvalue weighted by molar-refractivity contribution is -0.152. The van der Waals surface area contributed by atoms with E-state index in [0.717, 1.165) is 4.90 Å². The monoisotopic (exact) mass is 642 g/mol. The lowest BCUT2D eigenvalue weighted by atomic mass is 9.94. The average molecular weight is 643 g/mol. The highest BCUT2D eigenvalue weighted by atomic mass is 35.5. The van der Waals surface area contributed by atoms with Gasteiger partial charge in [0.05, 0.1) is 17.1 Å². The van der Waals surface area contributed by atoms with E-state index in [-0.39, 0.29) is 25.1 Å². The second-order valence-electron chi connectivity index (χ2n) is 10.6. The molecule has 1 saturated heterocycles. The second-order valence-corrected chi connectivity index (χ2v) is 11.0. The van der Waals surface area contributed by atoms with Gasteiger partial charge in [0.15, 0.2) is 0 Å². The molecule has 2 N–H and O–H groups in total. The first-order valence-corrected chi connectivity index (χ1v) is 14.2. The number of nitriles is 1. The minimum Gasteiger partial charge on any atom is -0.480 e. The van der Waals surface area contributed by atoms with Crippen LogP contribution in [0, 0.1) is 23.0 Å². The van der Waals surface area contributed by atoms with E-state index in [9.17, 15) is 27.9 Å². The topological polar surface area (TPSA) is 106 Å². The predicted octanol–water partition coefficient (Wildman–Crippen LogP) is 7.05. The molecular weight excluding hydrogens is 619 g/mol. The fourth-order valence-corrected chi connectivity index (χ4v) is 5.89. The van der Waals surface area contributed by atoms with Gasteiger partial charge in [0.25, 0.3) is 5.91 Å². The van der Waals surface area contributed by atoms with Crippen molar-refractivity contribution in [3.05, 3.63) is 94.1 Å². The molecule has 2 heterocycles. The van der Waals surface area contributed by atoms with Crippen LogP contribution in [0.15, 0.2) is 60.8 Å². The molecule has 2 unspecified atom stereocenters. The third kappa shape index (κ3) is 6.54. The lowest BCUT2D eigenvalue weighted by Gasteiger charge is -2.38. The number of anilines is 1. The predicted molar refractivity (Wildman–Crippen MR) is 157 cm³/mol. The molecule has 1 aliphatic rings. The molecule has 1 aromatic heterocycles. The maximum atomic E-state index is 15.1. The number of halogens is 6. The molecule has 4 aromatic rings. The van der Waals surface area contributed by atoms with Crippen LogP contribution in [0.2, 0.25) is 5.02 Å². The first-order valence-electron chi connectivity index (χ1n) is 13.8. The number of carbonyl (C=O) groups is 2. The van der Waals surface area contributed by atoms with Crippen molar-refractivity contribution >= 4 is 40.1 Å². The Morgan fingerprint density at radius 1 is 1.09 bits per heavy atom. The van der Waals surface area contributed by atoms with Gasteiger partial charge in [0, 0.05) is 46.4 Å². The first kappa shape index (κ1) is 31.7. The summed E-state index contributed by atoms with van der Waals surface area (Å²) in [7, 11) is 0. The molecule has 0 aliphatic carbocycles. The zero-order chi connectivity index (χ0) is 32.5. The van der Waals surface area contributed by atoms with Crippen molar-refractivity contribution in [3.63, 3.8) is 0 Å². The lowest BCUT2D eigenvalue weighted by Crippen LogP contribution is -2.49. The van der Waals surface area contributed by atoms with Crippen molar-refractivity contribution in [1.82, 2.24) is 10.3 Å². The number of piperidine rings is 1. The molecule has 0 spiro atoms. The number of hydrogen-bond donors (Lipinski definition) is 2. The highest BCUT2D eigenvalue weighted by Gasteiger charge is 2.45. The molecule has 7 nitrogen and oxygen atoms in total. The smallest absolute Gasteiger partial charge is 0.408 e. The number of nitrogens with zero attached hydrogens (tertiary/aromatic N) is 3. The number of alkyl halides is 3. The zero-order valence-electron chi connectivity index (χ0n) is 23.3. The van der Waals surface area contributed by atoms with Crippen LogP contribution >= 0.6 is 11.6 Å². The summed E-state index contributed by atoms with van der Waals surface area (Å²) >= 11 is 6.41. The maximum Gasteiger partial charge on any atom is 0.408 e. The standard InChI is InChI=1S/C32H24ClF5N4O3/c33-23-12-17(16-39)6-8-21(23)22-9-7-18(20-4-3-10-40-29(20)22)13-26(31(44)45)41-30(43)28-24(34)14-19(15-25(28)35)42-11-2-1-5-27(42)32(36,37)38/h3-4,6-10,12,14-15,26-27H,1-2,5,11,13H2,(H,41,43)(H,44,45). The van der Waals surface area contributed by atoms with Gasteiger partial charge in [-0.3, -0.25) is 9.78 Å². The van der Waals surface area contributed by atoms with Crippen molar-refractivity contribution in [1.29, 1.82) is 5.26 Å². The number of carboxylic acids is 1. The molecule has 0 bridgehead atoms. The summed E-state index contributed by atoms with van der Waals surface area (Å²) in [5.41, 5.74) is 0.971. The number of aromatic nitrogens is 1. The summed E-state index contributed by atoms with van der Waals surface area (Å²) in [5, 5.41) is 22.0. The van der Waals surface area contributed by atoms with Gasteiger partial charge in [-0.2, -0.15) is 18.4 Å². The zero-order valence-corrected chi connectivity index (χ0v) is 24.1. The van der Waals surface area contributed by atoms with Crippen LogP contribution in [0.25, 0.3) is 22.0 Å². The Bertz CT molecular complexity index is 1820. The fraction of sp³-hybridized carbons (Fsp3) is 0.250. The molecule has 1 amide bonds. The van der Waals surface area contributed by atoms with Crippen LogP contribution in [0.3, 0.4) is 0 Å². The highest BCUT2D eigenvalue weighted by molar-refractivity contribution is 6.33. The van der Waals surface area contributed by atoms with E-state index < -0.39 is 47.3 Å². The van der Waals surface area contributed by atoms with Crippen LogP contribution in [-0.2, 0) is 11.2 Å². The van der Waals surface area contributed by atoms with Crippen LogP contribution < -0.4 is 10.2 Å². The second kappa shape index (κ2) is 12.7. The molecule has 3 aromatic carbocycles. The van der Waals surface area contributed by atoms with Crippen molar-refractivity contribution in [2.75, 3.05) is 11.4 Å². The number of carboxylic acid groups (broad SMARTS) is 1. The summed E-state index contributed by atoms with van der Waals surface area (Å²) in [6, 6.07) is 11.1. The molecule has 0 radical (unpaired) electrons. The number of fused-ring (bicyclic) bond motifs is 1. The van der Waals surface area contributed by atoms with Gasteiger partial charge in [-0.1, -0.05) is 35.9 Å². The maximum absolute atomic E-state index is 15.1. The number of hydrogen-bond acceptors (Lipinski definition) is 5. The van der Waals surface area contributed by atoms with Crippen LogP contribution in [0.5, 0.6) is 0 Å². The number of aliphatic carboxylic acids is 1. The molecule has 13 heteroatoms. The van der Waals surface area contributed by atoms with Crippen molar-refractivity contribution in [2.24, 2.45) is 0 Å². The molecule has 0 saturated carbocycles. The Morgan fingerprint density at radius 3 is 2.44 bits per heavy atom. The van der Waals surface area contributed by atoms with Crippen LogP contribution in [-0.4, -0.2) is 46.8 Å². The summed E-state index contributed by atoms with van der Waals surface area (Å²) in [6.45, 7) is -0.0747. The number of benzene rings is 3. The van der Waals surface area contributed by atoms with E-state index in [1.54, 1.807) is 36.4 Å². The van der Waals surface area contributed by atoms with E-state index in [1.807, 2.05) is 6.07 Å². The Balaban J connectivity index is 1.42. The van der Waals surface area contributed by atoms with Crippen LogP contribution in [0.4, 0.5) is 27.6 Å². The van der Waals surface area contributed by atoms with Crippen molar-refractivity contribution in [3.8, 4) is 17.2 Å². The SMILES string of the molecule is N#Cc1ccc(-c2ccc(CC(NC(=O)c3c(F)cc(N4CCCCC4C(F)(F)F)cc3F)C(=O)O)c3cccnc23)c(Cl)c1. The third-order valence-corrected chi connectivity index (χ3v) is 8.05. The Kier molecular flexibility index (Phi) is 8.93. The Labute approximate surface area is 258 Å². The quantitative estimate of drug-likeness (QED) is 0.209. The molecule has 45 heavy (non-hydrogen) atoms. The van der Waals surface area contributed by atoms with Crippen LogP contribution in [0.1, 0.15) is 40.7 Å². The minimum absolute atomic E-state index is 0.0747. The minimum atomic E-state index is -4.62. The van der Waals surface area contributed by atoms with Crippen molar-refractivity contribution in [2.45, 2.75) is 43.9 Å². The molecule has 2 atom stereocenters. The Morgan fingerprint density at radius 2 is 1.80 bits per heavy atom. The van der Waals surface area contributed by atoms with E-state index in [2.05, 4.69) is 10.3 Å². The molecular formula is C32H24ClF5N4O3. The number of nitrogens with one attached hydrogen (secondary N) is 1. The molecule has 232 valence electrons. The van der Waals surface area contributed by atoms with Gasteiger partial charge in [-0.25, -0.2) is 13.6 Å². The molecule has 1 fully saturated rings. The van der Waals surface area contributed by atoms with Gasteiger partial charge < -0.3 is 15.3 Å². The van der Waals surface area contributed by atoms with Gasteiger partial charge in [-0.15, -0.1) is 0 Å². The fourth-order valence-electron chi connectivity index (χ4n) is 5.60. The average Bonchev–Trinajstić information content (AvgIpc) is 3.00.